The lowest BCUT2D eigenvalue weighted by Gasteiger charge is -2.21. The lowest BCUT2D eigenvalue weighted by molar-refractivity contribution is 0.0635. The normalized spacial score (nSPS) is 12.0. The average Bonchev–Trinajstić information content (AvgIpc) is 2.80. The number of amides is 4. The zero-order valence-corrected chi connectivity index (χ0v) is 22.0. The van der Waals surface area contributed by atoms with Gasteiger partial charge in [0.05, 0.1) is 17.4 Å². The van der Waals surface area contributed by atoms with Crippen molar-refractivity contribution >= 4 is 29.4 Å². The minimum absolute atomic E-state index is 0.201. The molecule has 1 aromatic carbocycles. The zero-order valence-electron chi connectivity index (χ0n) is 22.0. The first-order valence-electron chi connectivity index (χ1n) is 12.0. The molecule has 1 atom stereocenters. The Morgan fingerprint density at radius 2 is 1.69 bits per heavy atom. The van der Waals surface area contributed by atoms with Gasteiger partial charge in [0, 0.05) is 12.7 Å². The molecule has 0 fully saturated rings. The molecule has 1 aromatic heterocycles. The highest BCUT2D eigenvalue weighted by Crippen LogP contribution is 2.23. The molecule has 0 bridgehead atoms. The Morgan fingerprint density at radius 1 is 1.03 bits per heavy atom. The number of pyridine rings is 1. The van der Waals surface area contributed by atoms with E-state index in [1.807, 2.05) is 25.9 Å². The van der Waals surface area contributed by atoms with E-state index in [1.54, 1.807) is 63.4 Å². The van der Waals surface area contributed by atoms with Crippen LogP contribution in [0.25, 0.3) is 0 Å². The molecule has 0 spiro atoms. The Bertz CT molecular complexity index is 1020. The van der Waals surface area contributed by atoms with E-state index in [1.165, 1.54) is 0 Å². The number of anilines is 2. The van der Waals surface area contributed by atoms with E-state index in [9.17, 15) is 14.4 Å². The summed E-state index contributed by atoms with van der Waals surface area (Å²) in [6.07, 6.45) is 2.51. The predicted molar refractivity (Wildman–Crippen MR) is 141 cm³/mol. The van der Waals surface area contributed by atoms with Crippen LogP contribution in [0.3, 0.4) is 0 Å². The standard InChI is InChI=1S/C26H38N6O4/c1-7-15-27-24(34)30-19(14-16-32(5)6)18-12-13-22(28-17-18)23(33)29-20-10-8-9-11-21(20)31-25(35)36-26(2,3)4/h8-13,17,19H,7,14-16H2,1-6H3,(H,29,33)(H,31,35)(H2,27,30,34). The maximum absolute atomic E-state index is 12.9. The molecule has 10 nitrogen and oxygen atoms in total. The highest BCUT2D eigenvalue weighted by atomic mass is 16.6. The van der Waals surface area contributed by atoms with Crippen molar-refractivity contribution in [3.05, 3.63) is 53.9 Å². The van der Waals surface area contributed by atoms with Crippen LogP contribution in [0.5, 0.6) is 0 Å². The number of nitrogens with zero attached hydrogens (tertiary/aromatic N) is 2. The summed E-state index contributed by atoms with van der Waals surface area (Å²) in [5.74, 6) is -0.432. The highest BCUT2D eigenvalue weighted by molar-refractivity contribution is 6.05. The molecule has 2 aromatic rings. The lowest BCUT2D eigenvalue weighted by atomic mass is 10.1. The molecule has 0 aliphatic heterocycles. The van der Waals surface area contributed by atoms with Crippen LogP contribution in [0.4, 0.5) is 21.0 Å². The van der Waals surface area contributed by atoms with Gasteiger partial charge in [-0.15, -0.1) is 0 Å². The molecule has 4 N–H and O–H groups in total. The van der Waals surface area contributed by atoms with Crippen molar-refractivity contribution in [1.29, 1.82) is 0 Å². The van der Waals surface area contributed by atoms with Crippen molar-refractivity contribution in [3.8, 4) is 0 Å². The first-order chi connectivity index (χ1) is 17.0. The Morgan fingerprint density at radius 3 is 2.25 bits per heavy atom. The Labute approximate surface area is 213 Å². The third-order valence-electron chi connectivity index (χ3n) is 4.94. The van der Waals surface area contributed by atoms with Gasteiger partial charge in [0.25, 0.3) is 5.91 Å². The van der Waals surface area contributed by atoms with Crippen LogP contribution in [-0.4, -0.2) is 60.7 Å². The number of carbonyl (C=O) groups is 3. The number of hydrogen-bond donors (Lipinski definition) is 4. The van der Waals surface area contributed by atoms with E-state index in [0.29, 0.717) is 24.3 Å². The van der Waals surface area contributed by atoms with Crippen molar-refractivity contribution in [2.24, 2.45) is 0 Å². The molecule has 1 heterocycles. The molecule has 196 valence electrons. The molecule has 0 saturated heterocycles. The van der Waals surface area contributed by atoms with E-state index in [4.69, 9.17) is 4.74 Å². The van der Waals surface area contributed by atoms with Gasteiger partial charge in [-0.1, -0.05) is 25.1 Å². The van der Waals surface area contributed by atoms with Gasteiger partial charge in [-0.2, -0.15) is 0 Å². The van der Waals surface area contributed by atoms with Gasteiger partial charge in [0.2, 0.25) is 0 Å². The van der Waals surface area contributed by atoms with E-state index in [2.05, 4.69) is 26.3 Å². The summed E-state index contributed by atoms with van der Waals surface area (Å²) in [5.41, 5.74) is 1.17. The van der Waals surface area contributed by atoms with Crippen LogP contribution in [0.1, 0.15) is 62.6 Å². The van der Waals surface area contributed by atoms with Gasteiger partial charge in [-0.3, -0.25) is 15.1 Å². The number of urea groups is 1. The Balaban J connectivity index is 2.11. The van der Waals surface area contributed by atoms with Crippen LogP contribution in [0.15, 0.2) is 42.6 Å². The Hall–Kier alpha value is -3.66. The van der Waals surface area contributed by atoms with Crippen LogP contribution in [-0.2, 0) is 4.74 Å². The van der Waals surface area contributed by atoms with Crippen molar-refractivity contribution in [1.82, 2.24) is 20.5 Å². The fraction of sp³-hybridized carbons (Fsp3) is 0.462. The summed E-state index contributed by atoms with van der Waals surface area (Å²) in [7, 11) is 3.94. The van der Waals surface area contributed by atoms with Crippen molar-refractivity contribution in [2.45, 2.75) is 52.2 Å². The summed E-state index contributed by atoms with van der Waals surface area (Å²) in [4.78, 5) is 43.6. The molecule has 4 amide bonds. The van der Waals surface area contributed by atoms with Gasteiger partial charge in [-0.05, 0) is 78.0 Å². The second-order valence-electron chi connectivity index (χ2n) is 9.65. The summed E-state index contributed by atoms with van der Waals surface area (Å²) in [6.45, 7) is 8.66. The van der Waals surface area contributed by atoms with Crippen LogP contribution >= 0.6 is 0 Å². The van der Waals surface area contributed by atoms with Gasteiger partial charge in [0.15, 0.2) is 0 Å². The number of rotatable bonds is 10. The average molecular weight is 499 g/mol. The summed E-state index contributed by atoms with van der Waals surface area (Å²) < 4.78 is 5.29. The van der Waals surface area contributed by atoms with Crippen LogP contribution in [0, 0.1) is 0 Å². The first-order valence-corrected chi connectivity index (χ1v) is 12.0. The molecule has 2 rings (SSSR count). The SMILES string of the molecule is CCCNC(=O)NC(CCN(C)C)c1ccc(C(=O)Nc2ccccc2NC(=O)OC(C)(C)C)nc1. The van der Waals surface area contributed by atoms with Crippen molar-refractivity contribution in [2.75, 3.05) is 37.8 Å². The molecular weight excluding hydrogens is 460 g/mol. The van der Waals surface area contributed by atoms with Gasteiger partial charge in [-0.25, -0.2) is 9.59 Å². The van der Waals surface area contributed by atoms with Gasteiger partial charge >= 0.3 is 12.1 Å². The summed E-state index contributed by atoms with van der Waals surface area (Å²) in [5, 5.41) is 11.2. The molecule has 0 saturated carbocycles. The zero-order chi connectivity index (χ0) is 26.7. The topological polar surface area (TPSA) is 125 Å². The second kappa shape index (κ2) is 13.4. The van der Waals surface area contributed by atoms with E-state index in [0.717, 1.165) is 18.5 Å². The summed E-state index contributed by atoms with van der Waals surface area (Å²) >= 11 is 0. The number of hydrogen-bond acceptors (Lipinski definition) is 6. The van der Waals surface area contributed by atoms with Gasteiger partial charge in [0.1, 0.15) is 11.3 Å². The smallest absolute Gasteiger partial charge is 0.412 e. The number of benzene rings is 1. The van der Waals surface area contributed by atoms with E-state index >= 15 is 0 Å². The molecule has 36 heavy (non-hydrogen) atoms. The minimum atomic E-state index is -0.649. The molecular formula is C26H38N6O4. The lowest BCUT2D eigenvalue weighted by Crippen LogP contribution is -2.39. The third-order valence-corrected chi connectivity index (χ3v) is 4.94. The van der Waals surface area contributed by atoms with Gasteiger partial charge < -0.3 is 25.6 Å². The third kappa shape index (κ3) is 9.91. The molecule has 0 radical (unpaired) electrons. The Kier molecular flexibility index (Phi) is 10.7. The van der Waals surface area contributed by atoms with Crippen LogP contribution in [0.2, 0.25) is 0 Å². The molecule has 1 unspecified atom stereocenters. The number of para-hydroxylation sites is 2. The first kappa shape index (κ1) is 28.6. The molecule has 0 aliphatic carbocycles. The quantitative estimate of drug-likeness (QED) is 0.385. The van der Waals surface area contributed by atoms with Crippen molar-refractivity contribution in [3.63, 3.8) is 0 Å². The monoisotopic (exact) mass is 498 g/mol. The number of carbonyl (C=O) groups excluding carboxylic acids is 3. The fourth-order valence-electron chi connectivity index (χ4n) is 3.20. The predicted octanol–water partition coefficient (Wildman–Crippen LogP) is 4.38. The fourth-order valence-corrected chi connectivity index (χ4v) is 3.20. The largest absolute Gasteiger partial charge is 0.444 e. The molecule has 0 aliphatic rings. The van der Waals surface area contributed by atoms with E-state index < -0.39 is 17.6 Å². The maximum Gasteiger partial charge on any atom is 0.412 e. The van der Waals surface area contributed by atoms with Crippen molar-refractivity contribution < 1.29 is 19.1 Å². The highest BCUT2D eigenvalue weighted by Gasteiger charge is 2.19. The second-order valence-corrected chi connectivity index (χ2v) is 9.65. The minimum Gasteiger partial charge on any atom is -0.444 e. The number of nitrogens with one attached hydrogen (secondary N) is 4. The van der Waals surface area contributed by atoms with Crippen LogP contribution < -0.4 is 21.3 Å². The maximum atomic E-state index is 12.9. The number of ether oxygens (including phenoxy) is 1. The summed E-state index contributed by atoms with van der Waals surface area (Å²) in [6, 6.07) is 9.74. The number of aromatic nitrogens is 1. The molecule has 10 heteroatoms. The van der Waals surface area contributed by atoms with E-state index in [-0.39, 0.29) is 17.8 Å².